The Morgan fingerprint density at radius 2 is 2.44 bits per heavy atom. The number of nitrogens with zero attached hydrogens (tertiary/aromatic N) is 2. The fourth-order valence-corrected chi connectivity index (χ4v) is 1.21. The molecule has 0 saturated heterocycles. The molecule has 0 aliphatic rings. The molecule has 0 aliphatic heterocycles. The molecule has 0 atom stereocenters. The van der Waals surface area contributed by atoms with E-state index in [1.807, 2.05) is 10.8 Å². The molecular formula is C10H18N4O2. The van der Waals surface area contributed by atoms with E-state index in [9.17, 15) is 4.79 Å². The predicted octanol–water partition coefficient (Wildman–Crippen LogP) is -0.635. The summed E-state index contributed by atoms with van der Waals surface area (Å²) in [6.45, 7) is 2.44. The molecule has 0 fully saturated rings. The fraction of sp³-hybridized carbons (Fsp3) is 0.600. The van der Waals surface area contributed by atoms with Crippen LogP contribution in [0.5, 0.6) is 0 Å². The van der Waals surface area contributed by atoms with Gasteiger partial charge in [0.15, 0.2) is 0 Å². The topological polar surface area (TPSA) is 82.2 Å². The van der Waals surface area contributed by atoms with Crippen LogP contribution in [0.15, 0.2) is 18.7 Å². The summed E-state index contributed by atoms with van der Waals surface area (Å²) in [6, 6.07) is 0. The lowest BCUT2D eigenvalue weighted by Gasteiger charge is -2.05. The molecule has 1 rings (SSSR count). The van der Waals surface area contributed by atoms with Gasteiger partial charge in [0, 0.05) is 32.0 Å². The quantitative estimate of drug-likeness (QED) is 0.578. The third-order valence-corrected chi connectivity index (χ3v) is 1.97. The summed E-state index contributed by atoms with van der Waals surface area (Å²) in [5.74, 6) is -0.0981. The molecule has 6 nitrogen and oxygen atoms in total. The first-order valence-electron chi connectivity index (χ1n) is 5.33. The standard InChI is InChI=1S/C10H18N4O2/c11-2-7-16-8-10(15)13-3-1-5-14-6-4-12-9-14/h4,6,9H,1-3,5,7-8,11H2,(H,13,15). The molecular weight excluding hydrogens is 208 g/mol. The average molecular weight is 226 g/mol. The molecule has 6 heteroatoms. The Hall–Kier alpha value is -1.40. The summed E-state index contributed by atoms with van der Waals surface area (Å²) in [4.78, 5) is 15.1. The second kappa shape index (κ2) is 7.84. The zero-order chi connectivity index (χ0) is 11.6. The normalized spacial score (nSPS) is 10.3. The zero-order valence-electron chi connectivity index (χ0n) is 9.26. The number of nitrogens with two attached hydrogens (primary N) is 1. The fourth-order valence-electron chi connectivity index (χ4n) is 1.21. The predicted molar refractivity (Wildman–Crippen MR) is 59.7 cm³/mol. The molecule has 16 heavy (non-hydrogen) atoms. The SMILES string of the molecule is NCCOCC(=O)NCCCn1ccnc1. The highest BCUT2D eigenvalue weighted by atomic mass is 16.5. The number of hydrogen-bond acceptors (Lipinski definition) is 4. The summed E-state index contributed by atoms with van der Waals surface area (Å²) < 4.78 is 6.96. The Morgan fingerprint density at radius 3 is 3.12 bits per heavy atom. The third kappa shape index (κ3) is 5.47. The lowest BCUT2D eigenvalue weighted by atomic mass is 10.4. The van der Waals surface area contributed by atoms with Crippen molar-refractivity contribution in [3.63, 3.8) is 0 Å². The Labute approximate surface area is 94.8 Å². The Bertz CT molecular complexity index is 287. The van der Waals surface area contributed by atoms with Gasteiger partial charge in [-0.1, -0.05) is 0 Å². The number of nitrogens with one attached hydrogen (secondary N) is 1. The van der Waals surface area contributed by atoms with E-state index in [0.717, 1.165) is 13.0 Å². The van der Waals surface area contributed by atoms with Gasteiger partial charge in [-0.15, -0.1) is 0 Å². The number of aryl methyl sites for hydroxylation is 1. The third-order valence-electron chi connectivity index (χ3n) is 1.97. The van der Waals surface area contributed by atoms with E-state index >= 15 is 0 Å². The lowest BCUT2D eigenvalue weighted by Crippen LogP contribution is -2.29. The van der Waals surface area contributed by atoms with Gasteiger partial charge in [-0.05, 0) is 6.42 Å². The van der Waals surface area contributed by atoms with Crippen LogP contribution in [0.4, 0.5) is 0 Å². The molecule has 1 aromatic heterocycles. The van der Waals surface area contributed by atoms with Crippen LogP contribution in [0.3, 0.4) is 0 Å². The number of hydrogen-bond donors (Lipinski definition) is 2. The number of ether oxygens (including phenoxy) is 1. The van der Waals surface area contributed by atoms with Crippen LogP contribution in [0.25, 0.3) is 0 Å². The van der Waals surface area contributed by atoms with Gasteiger partial charge < -0.3 is 20.4 Å². The molecule has 90 valence electrons. The number of aromatic nitrogens is 2. The zero-order valence-corrected chi connectivity index (χ0v) is 9.26. The van der Waals surface area contributed by atoms with Gasteiger partial charge in [0.2, 0.25) is 5.91 Å². The summed E-state index contributed by atoms with van der Waals surface area (Å²) >= 11 is 0. The van der Waals surface area contributed by atoms with Crippen LogP contribution in [-0.4, -0.2) is 41.8 Å². The average Bonchev–Trinajstić information content (AvgIpc) is 2.78. The maximum absolute atomic E-state index is 11.2. The molecule has 0 unspecified atom stereocenters. The lowest BCUT2D eigenvalue weighted by molar-refractivity contribution is -0.125. The van der Waals surface area contributed by atoms with Crippen LogP contribution in [-0.2, 0) is 16.1 Å². The van der Waals surface area contributed by atoms with E-state index in [4.69, 9.17) is 10.5 Å². The van der Waals surface area contributed by atoms with Crippen molar-refractivity contribution in [1.29, 1.82) is 0 Å². The first kappa shape index (κ1) is 12.7. The summed E-state index contributed by atoms with van der Waals surface area (Å²) in [6.07, 6.45) is 6.26. The smallest absolute Gasteiger partial charge is 0.245 e. The Balaban J connectivity index is 1.96. The summed E-state index contributed by atoms with van der Waals surface area (Å²) in [7, 11) is 0. The summed E-state index contributed by atoms with van der Waals surface area (Å²) in [5.41, 5.74) is 5.23. The van der Waals surface area contributed by atoms with Crippen molar-refractivity contribution < 1.29 is 9.53 Å². The molecule has 3 N–H and O–H groups in total. The van der Waals surface area contributed by atoms with Gasteiger partial charge in [0.25, 0.3) is 0 Å². The van der Waals surface area contributed by atoms with Crippen molar-refractivity contribution in [1.82, 2.24) is 14.9 Å². The minimum Gasteiger partial charge on any atom is -0.370 e. The van der Waals surface area contributed by atoms with E-state index in [-0.39, 0.29) is 12.5 Å². The molecule has 0 spiro atoms. The van der Waals surface area contributed by atoms with E-state index in [0.29, 0.717) is 19.7 Å². The molecule has 1 aromatic rings. The van der Waals surface area contributed by atoms with E-state index in [1.165, 1.54) is 0 Å². The maximum Gasteiger partial charge on any atom is 0.245 e. The molecule has 0 bridgehead atoms. The van der Waals surface area contributed by atoms with Crippen molar-refractivity contribution in [3.8, 4) is 0 Å². The highest BCUT2D eigenvalue weighted by Crippen LogP contribution is 1.88. The van der Waals surface area contributed by atoms with Crippen LogP contribution in [0, 0.1) is 0 Å². The summed E-state index contributed by atoms with van der Waals surface area (Å²) in [5, 5.41) is 2.77. The first-order valence-corrected chi connectivity index (χ1v) is 5.33. The number of carbonyl (C=O) groups excluding carboxylic acids is 1. The minimum atomic E-state index is -0.0981. The second-order valence-electron chi connectivity index (χ2n) is 3.35. The van der Waals surface area contributed by atoms with Crippen LogP contribution in [0.2, 0.25) is 0 Å². The molecule has 1 amide bonds. The molecule has 0 radical (unpaired) electrons. The number of imidazole rings is 1. The van der Waals surface area contributed by atoms with Gasteiger partial charge in [0.05, 0.1) is 12.9 Å². The monoisotopic (exact) mass is 226 g/mol. The molecule has 0 saturated carbocycles. The number of amides is 1. The van der Waals surface area contributed by atoms with Crippen LogP contribution < -0.4 is 11.1 Å². The highest BCUT2D eigenvalue weighted by molar-refractivity contribution is 5.77. The van der Waals surface area contributed by atoms with Gasteiger partial charge in [-0.3, -0.25) is 4.79 Å². The second-order valence-corrected chi connectivity index (χ2v) is 3.35. The van der Waals surface area contributed by atoms with Crippen LogP contribution in [0.1, 0.15) is 6.42 Å². The van der Waals surface area contributed by atoms with Gasteiger partial charge in [-0.2, -0.15) is 0 Å². The van der Waals surface area contributed by atoms with Crippen molar-refractivity contribution in [2.24, 2.45) is 5.73 Å². The number of rotatable bonds is 8. The van der Waals surface area contributed by atoms with E-state index < -0.39 is 0 Å². The van der Waals surface area contributed by atoms with Crippen molar-refractivity contribution in [3.05, 3.63) is 18.7 Å². The van der Waals surface area contributed by atoms with Crippen LogP contribution >= 0.6 is 0 Å². The first-order chi connectivity index (χ1) is 7.83. The highest BCUT2D eigenvalue weighted by Gasteiger charge is 1.99. The van der Waals surface area contributed by atoms with Crippen molar-refractivity contribution in [2.75, 3.05) is 26.3 Å². The largest absolute Gasteiger partial charge is 0.370 e. The Morgan fingerprint density at radius 1 is 1.56 bits per heavy atom. The maximum atomic E-state index is 11.2. The van der Waals surface area contributed by atoms with Crippen molar-refractivity contribution in [2.45, 2.75) is 13.0 Å². The Kier molecular flexibility index (Phi) is 6.20. The van der Waals surface area contributed by atoms with E-state index in [2.05, 4.69) is 10.3 Å². The molecule has 0 aromatic carbocycles. The minimum absolute atomic E-state index is 0.0856. The van der Waals surface area contributed by atoms with Gasteiger partial charge >= 0.3 is 0 Å². The van der Waals surface area contributed by atoms with E-state index in [1.54, 1.807) is 12.5 Å². The van der Waals surface area contributed by atoms with Gasteiger partial charge in [-0.25, -0.2) is 4.98 Å². The molecule has 1 heterocycles. The van der Waals surface area contributed by atoms with Gasteiger partial charge in [0.1, 0.15) is 6.61 Å². The number of carbonyl (C=O) groups is 1. The molecule has 0 aliphatic carbocycles. The van der Waals surface area contributed by atoms with Crippen molar-refractivity contribution >= 4 is 5.91 Å².